The zero-order valence-electron chi connectivity index (χ0n) is 12.5. The van der Waals surface area contributed by atoms with E-state index in [9.17, 15) is 8.42 Å². The lowest BCUT2D eigenvalue weighted by molar-refractivity contribution is 0.0962. The quantitative estimate of drug-likeness (QED) is 0.753. The van der Waals surface area contributed by atoms with E-state index in [1.165, 1.54) is 0 Å². The molecular weight excluding hydrogens is 276 g/mol. The van der Waals surface area contributed by atoms with Crippen LogP contribution >= 0.6 is 0 Å². The normalized spacial score (nSPS) is 26.8. The Bertz CT molecular complexity index is 380. The van der Waals surface area contributed by atoms with Gasteiger partial charge in [-0.2, -0.15) is 4.31 Å². The predicted molar refractivity (Wildman–Crippen MR) is 80.3 cm³/mol. The predicted octanol–water partition coefficient (Wildman–Crippen LogP) is 1.35. The Balaban J connectivity index is 2.01. The summed E-state index contributed by atoms with van der Waals surface area (Å²) in [5.74, 6) is 0. The van der Waals surface area contributed by atoms with E-state index in [1.54, 1.807) is 4.31 Å². The number of nitrogens with zero attached hydrogens (tertiary/aromatic N) is 1. The third-order valence-corrected chi connectivity index (χ3v) is 6.74. The van der Waals surface area contributed by atoms with E-state index < -0.39 is 10.0 Å². The standard InChI is InChI=1S/C14H28N2O3S/c1-2-8-15-12-13-5-3-4-9-16(13)20(17,18)14-6-10-19-11-7-14/h13-15H,2-12H2,1H3. The summed E-state index contributed by atoms with van der Waals surface area (Å²) in [6.07, 6.45) is 5.49. The molecule has 2 rings (SSSR count). The third kappa shape index (κ3) is 3.93. The number of hydrogen-bond donors (Lipinski definition) is 1. The molecule has 0 aliphatic carbocycles. The lowest BCUT2D eigenvalue weighted by Gasteiger charge is -2.38. The molecule has 0 radical (unpaired) electrons. The average Bonchev–Trinajstić information content (AvgIpc) is 2.49. The van der Waals surface area contributed by atoms with Gasteiger partial charge in [0.25, 0.3) is 0 Å². The maximum Gasteiger partial charge on any atom is 0.217 e. The second kappa shape index (κ2) is 7.73. The van der Waals surface area contributed by atoms with Crippen molar-refractivity contribution in [2.24, 2.45) is 0 Å². The van der Waals surface area contributed by atoms with E-state index in [-0.39, 0.29) is 11.3 Å². The van der Waals surface area contributed by atoms with Gasteiger partial charge >= 0.3 is 0 Å². The number of hydrogen-bond acceptors (Lipinski definition) is 4. The number of sulfonamides is 1. The molecule has 0 aromatic heterocycles. The van der Waals surface area contributed by atoms with Crippen molar-refractivity contribution in [2.45, 2.75) is 56.7 Å². The molecule has 0 amide bonds. The van der Waals surface area contributed by atoms with Crippen molar-refractivity contribution in [2.75, 3.05) is 32.8 Å². The van der Waals surface area contributed by atoms with Gasteiger partial charge in [-0.1, -0.05) is 13.3 Å². The summed E-state index contributed by atoms with van der Waals surface area (Å²) >= 11 is 0. The second-order valence-corrected chi connectivity index (χ2v) is 7.99. The Hall–Kier alpha value is -0.170. The van der Waals surface area contributed by atoms with E-state index in [1.807, 2.05) is 0 Å². The van der Waals surface area contributed by atoms with E-state index in [4.69, 9.17) is 4.74 Å². The fourth-order valence-electron chi connectivity index (χ4n) is 3.12. The Labute approximate surface area is 123 Å². The highest BCUT2D eigenvalue weighted by Gasteiger charge is 2.38. The van der Waals surface area contributed by atoms with Gasteiger partial charge in [-0.25, -0.2) is 8.42 Å². The molecular formula is C14H28N2O3S. The topological polar surface area (TPSA) is 58.6 Å². The summed E-state index contributed by atoms with van der Waals surface area (Å²) in [4.78, 5) is 0. The van der Waals surface area contributed by atoms with Gasteiger partial charge in [0.15, 0.2) is 0 Å². The van der Waals surface area contributed by atoms with Gasteiger partial charge in [0.2, 0.25) is 10.0 Å². The minimum absolute atomic E-state index is 0.142. The molecule has 118 valence electrons. The molecule has 2 aliphatic heterocycles. The first-order valence-electron chi connectivity index (χ1n) is 7.95. The van der Waals surface area contributed by atoms with E-state index in [0.717, 1.165) is 38.8 Å². The molecule has 2 saturated heterocycles. The maximum absolute atomic E-state index is 12.8. The molecule has 0 saturated carbocycles. The molecule has 5 nitrogen and oxygen atoms in total. The molecule has 2 aliphatic rings. The molecule has 0 aromatic carbocycles. The molecule has 2 fully saturated rings. The number of piperidine rings is 1. The average molecular weight is 304 g/mol. The Morgan fingerprint density at radius 2 is 1.95 bits per heavy atom. The smallest absolute Gasteiger partial charge is 0.217 e. The van der Waals surface area contributed by atoms with Gasteiger partial charge in [0.1, 0.15) is 0 Å². The van der Waals surface area contributed by atoms with Crippen LogP contribution in [0.15, 0.2) is 0 Å². The first kappa shape index (κ1) is 16.2. The summed E-state index contributed by atoms with van der Waals surface area (Å²) in [6.45, 7) is 5.73. The van der Waals surface area contributed by atoms with Crippen LogP contribution in [0.5, 0.6) is 0 Å². The van der Waals surface area contributed by atoms with Crippen LogP contribution in [0.1, 0.15) is 45.4 Å². The Morgan fingerprint density at radius 3 is 2.65 bits per heavy atom. The number of ether oxygens (including phenoxy) is 1. The fourth-order valence-corrected chi connectivity index (χ4v) is 5.27. The van der Waals surface area contributed by atoms with Crippen molar-refractivity contribution < 1.29 is 13.2 Å². The Kier molecular flexibility index (Phi) is 6.26. The molecule has 2 heterocycles. The fraction of sp³-hybridized carbons (Fsp3) is 1.00. The molecule has 1 unspecified atom stereocenters. The van der Waals surface area contributed by atoms with Crippen LogP contribution in [0, 0.1) is 0 Å². The molecule has 0 spiro atoms. The van der Waals surface area contributed by atoms with Crippen molar-refractivity contribution in [3.05, 3.63) is 0 Å². The minimum atomic E-state index is -3.16. The minimum Gasteiger partial charge on any atom is -0.381 e. The van der Waals surface area contributed by atoms with Crippen molar-refractivity contribution in [1.82, 2.24) is 9.62 Å². The van der Waals surface area contributed by atoms with Crippen molar-refractivity contribution in [3.63, 3.8) is 0 Å². The largest absolute Gasteiger partial charge is 0.381 e. The van der Waals surface area contributed by atoms with Crippen LogP contribution in [-0.4, -0.2) is 56.9 Å². The van der Waals surface area contributed by atoms with Crippen LogP contribution in [0.25, 0.3) is 0 Å². The maximum atomic E-state index is 12.8. The molecule has 20 heavy (non-hydrogen) atoms. The highest BCUT2D eigenvalue weighted by molar-refractivity contribution is 7.89. The number of rotatable bonds is 6. The van der Waals surface area contributed by atoms with Crippen LogP contribution in [-0.2, 0) is 14.8 Å². The summed E-state index contributed by atoms with van der Waals surface area (Å²) in [7, 11) is -3.16. The van der Waals surface area contributed by atoms with Crippen molar-refractivity contribution in [1.29, 1.82) is 0 Å². The lowest BCUT2D eigenvalue weighted by Crippen LogP contribution is -2.52. The van der Waals surface area contributed by atoms with Crippen LogP contribution < -0.4 is 5.32 Å². The van der Waals surface area contributed by atoms with Crippen LogP contribution in [0.3, 0.4) is 0 Å². The summed E-state index contributed by atoms with van der Waals surface area (Å²) in [6, 6.07) is 0.142. The Morgan fingerprint density at radius 1 is 1.20 bits per heavy atom. The first-order chi connectivity index (χ1) is 9.66. The molecule has 6 heteroatoms. The summed E-state index contributed by atoms with van der Waals surface area (Å²) in [5, 5.41) is 3.15. The zero-order valence-corrected chi connectivity index (χ0v) is 13.3. The molecule has 0 bridgehead atoms. The van der Waals surface area contributed by atoms with Crippen LogP contribution in [0.2, 0.25) is 0 Å². The van der Waals surface area contributed by atoms with E-state index >= 15 is 0 Å². The van der Waals surface area contributed by atoms with Gasteiger partial charge in [0.05, 0.1) is 5.25 Å². The van der Waals surface area contributed by atoms with Crippen molar-refractivity contribution >= 4 is 10.0 Å². The molecule has 0 aromatic rings. The zero-order chi connectivity index (χ0) is 14.4. The third-order valence-electron chi connectivity index (χ3n) is 4.30. The molecule has 1 atom stereocenters. The van der Waals surface area contributed by atoms with Gasteiger partial charge in [-0.05, 0) is 38.6 Å². The lowest BCUT2D eigenvalue weighted by atomic mass is 10.1. The van der Waals surface area contributed by atoms with Crippen LogP contribution in [0.4, 0.5) is 0 Å². The van der Waals surface area contributed by atoms with E-state index in [2.05, 4.69) is 12.2 Å². The highest BCUT2D eigenvalue weighted by Crippen LogP contribution is 2.26. The van der Waals surface area contributed by atoms with Crippen molar-refractivity contribution in [3.8, 4) is 0 Å². The van der Waals surface area contributed by atoms with Gasteiger partial charge in [-0.15, -0.1) is 0 Å². The monoisotopic (exact) mass is 304 g/mol. The summed E-state index contributed by atoms with van der Waals surface area (Å²) < 4.78 is 32.7. The number of nitrogens with one attached hydrogen (secondary N) is 1. The first-order valence-corrected chi connectivity index (χ1v) is 9.45. The van der Waals surface area contributed by atoms with Gasteiger partial charge in [0, 0.05) is 32.3 Å². The molecule has 1 N–H and O–H groups in total. The SMILES string of the molecule is CCCNCC1CCCCN1S(=O)(=O)C1CCOCC1. The second-order valence-electron chi connectivity index (χ2n) is 5.82. The van der Waals surface area contributed by atoms with Gasteiger partial charge in [-0.3, -0.25) is 0 Å². The van der Waals surface area contributed by atoms with E-state index in [0.29, 0.717) is 32.6 Å². The summed E-state index contributed by atoms with van der Waals surface area (Å²) in [5.41, 5.74) is 0. The highest BCUT2D eigenvalue weighted by atomic mass is 32.2. The van der Waals surface area contributed by atoms with Gasteiger partial charge < -0.3 is 10.1 Å².